The van der Waals surface area contributed by atoms with E-state index >= 15 is 0 Å². The molecule has 1 aliphatic rings. The van der Waals surface area contributed by atoms with Crippen molar-refractivity contribution >= 4 is 28.7 Å². The van der Waals surface area contributed by atoms with Gasteiger partial charge >= 0.3 is 0 Å². The van der Waals surface area contributed by atoms with Crippen LogP contribution in [-0.2, 0) is 4.79 Å². The van der Waals surface area contributed by atoms with Gasteiger partial charge in [0.05, 0.1) is 17.9 Å². The van der Waals surface area contributed by atoms with E-state index in [1.165, 1.54) is 0 Å². The molecule has 0 bridgehead atoms. The summed E-state index contributed by atoms with van der Waals surface area (Å²) in [7, 11) is 5.17. The number of rotatable bonds is 5. The third-order valence-corrected chi connectivity index (χ3v) is 5.90. The van der Waals surface area contributed by atoms with Crippen LogP contribution in [0, 0.1) is 5.41 Å². The Bertz CT molecular complexity index is 1290. The summed E-state index contributed by atoms with van der Waals surface area (Å²) >= 11 is 0. The number of fused-ring (bicyclic) bond motifs is 2. The molecule has 10 heteroatoms. The van der Waals surface area contributed by atoms with Gasteiger partial charge in [0.2, 0.25) is 23.5 Å². The molecule has 2 N–H and O–H groups in total. The smallest absolute Gasteiger partial charge is 0.233 e. The number of methoxy groups -OCH3 is 1. The first kappa shape index (κ1) is 19.3. The average Bonchev–Trinajstić information content (AvgIpc) is 3.37. The highest BCUT2D eigenvalue weighted by atomic mass is 16.5. The van der Waals surface area contributed by atoms with Crippen LogP contribution in [0.5, 0.6) is 5.88 Å². The Kier molecular flexibility index (Phi) is 4.31. The second-order valence-corrected chi connectivity index (χ2v) is 8.47. The molecule has 0 atom stereocenters. The van der Waals surface area contributed by atoms with Crippen LogP contribution in [0.15, 0.2) is 31.0 Å². The Balaban J connectivity index is 1.43. The SMILES string of the molecule is COc1nc(N[C@H]2C[C@@](C)(C(=O)N(C)C)C2)nc2[nH]cc(-c3cnc4nccn4c3)c12. The summed E-state index contributed by atoms with van der Waals surface area (Å²) < 4.78 is 7.45. The molecule has 0 saturated heterocycles. The molecule has 0 unspecified atom stereocenters. The van der Waals surface area contributed by atoms with Gasteiger partial charge in [-0.15, -0.1) is 0 Å². The zero-order valence-electron chi connectivity index (χ0n) is 17.9. The van der Waals surface area contributed by atoms with Crippen LogP contribution < -0.4 is 10.1 Å². The Morgan fingerprint density at radius 1 is 1.32 bits per heavy atom. The summed E-state index contributed by atoms with van der Waals surface area (Å²) in [6.07, 6.45) is 10.6. The van der Waals surface area contributed by atoms with Gasteiger partial charge in [-0.3, -0.25) is 9.20 Å². The molecule has 160 valence electrons. The number of aromatic nitrogens is 6. The highest BCUT2D eigenvalue weighted by Gasteiger charge is 2.47. The maximum atomic E-state index is 12.4. The quantitative estimate of drug-likeness (QED) is 0.509. The van der Waals surface area contributed by atoms with Gasteiger partial charge in [-0.2, -0.15) is 9.97 Å². The Morgan fingerprint density at radius 2 is 2.13 bits per heavy atom. The average molecular weight is 420 g/mol. The monoisotopic (exact) mass is 420 g/mol. The van der Waals surface area contributed by atoms with E-state index in [0.29, 0.717) is 23.3 Å². The summed E-state index contributed by atoms with van der Waals surface area (Å²) in [5, 5.41) is 4.13. The van der Waals surface area contributed by atoms with E-state index in [-0.39, 0.29) is 17.4 Å². The lowest BCUT2D eigenvalue weighted by atomic mass is 9.66. The topological polar surface area (TPSA) is 113 Å². The predicted molar refractivity (Wildman–Crippen MR) is 116 cm³/mol. The van der Waals surface area contributed by atoms with Gasteiger partial charge in [0.15, 0.2) is 0 Å². The van der Waals surface area contributed by atoms with E-state index < -0.39 is 0 Å². The minimum absolute atomic E-state index is 0.137. The maximum absolute atomic E-state index is 12.4. The number of H-pyrrole nitrogens is 1. The van der Waals surface area contributed by atoms with Crippen LogP contribution in [0.4, 0.5) is 5.95 Å². The molecule has 4 aromatic rings. The molecule has 0 spiro atoms. The minimum Gasteiger partial charge on any atom is -0.480 e. The van der Waals surface area contributed by atoms with Gasteiger partial charge in [0.25, 0.3) is 0 Å². The van der Waals surface area contributed by atoms with Crippen molar-refractivity contribution in [2.75, 3.05) is 26.5 Å². The number of amides is 1. The van der Waals surface area contributed by atoms with Crippen LogP contribution in [-0.4, -0.2) is 67.4 Å². The van der Waals surface area contributed by atoms with Crippen molar-refractivity contribution in [2.24, 2.45) is 5.41 Å². The Morgan fingerprint density at radius 3 is 2.87 bits per heavy atom. The fourth-order valence-corrected chi connectivity index (χ4v) is 4.42. The lowest BCUT2D eigenvalue weighted by Gasteiger charge is -2.45. The molecule has 10 nitrogen and oxygen atoms in total. The second-order valence-electron chi connectivity index (χ2n) is 8.47. The first-order valence-corrected chi connectivity index (χ1v) is 10.1. The third kappa shape index (κ3) is 3.15. The number of hydrogen-bond donors (Lipinski definition) is 2. The van der Waals surface area contributed by atoms with E-state index in [1.54, 1.807) is 38.5 Å². The molecule has 4 aromatic heterocycles. The van der Waals surface area contributed by atoms with Gasteiger partial charge in [-0.25, -0.2) is 9.97 Å². The fourth-order valence-electron chi connectivity index (χ4n) is 4.42. The van der Waals surface area contributed by atoms with Crippen molar-refractivity contribution in [3.8, 4) is 17.0 Å². The Labute approximate surface area is 178 Å². The molecule has 31 heavy (non-hydrogen) atoms. The lowest BCUT2D eigenvalue weighted by molar-refractivity contribution is -0.143. The van der Waals surface area contributed by atoms with E-state index in [1.807, 2.05) is 29.9 Å². The number of ether oxygens (including phenoxy) is 1. The zero-order chi connectivity index (χ0) is 21.8. The minimum atomic E-state index is -0.339. The zero-order valence-corrected chi connectivity index (χ0v) is 17.9. The molecule has 4 heterocycles. The highest BCUT2D eigenvalue weighted by Crippen LogP contribution is 2.43. The number of nitrogens with zero attached hydrogens (tertiary/aromatic N) is 6. The van der Waals surface area contributed by atoms with Crippen molar-refractivity contribution in [1.82, 2.24) is 34.2 Å². The molecule has 0 aliphatic heterocycles. The number of nitrogens with one attached hydrogen (secondary N) is 2. The van der Waals surface area contributed by atoms with Crippen molar-refractivity contribution in [3.05, 3.63) is 31.0 Å². The molecule has 1 aliphatic carbocycles. The number of carbonyl (C=O) groups excluding carboxylic acids is 1. The van der Waals surface area contributed by atoms with E-state index in [9.17, 15) is 4.79 Å². The lowest BCUT2D eigenvalue weighted by Crippen LogP contribution is -2.52. The number of imidazole rings is 1. The van der Waals surface area contributed by atoms with Crippen molar-refractivity contribution in [3.63, 3.8) is 0 Å². The molecule has 5 rings (SSSR count). The molecular weight excluding hydrogens is 396 g/mol. The van der Waals surface area contributed by atoms with E-state index in [4.69, 9.17) is 4.74 Å². The molecule has 1 saturated carbocycles. The number of carbonyl (C=O) groups is 1. The molecule has 0 aromatic carbocycles. The van der Waals surface area contributed by atoms with Crippen LogP contribution in [0.1, 0.15) is 19.8 Å². The van der Waals surface area contributed by atoms with E-state index in [2.05, 4.69) is 30.2 Å². The maximum Gasteiger partial charge on any atom is 0.233 e. The first-order chi connectivity index (χ1) is 14.9. The standard InChI is InChI=1S/C21H24N8O2/c1-21(18(30)28(2)3)7-13(8-21)25-19-26-16-15(17(27-19)31-4)14(10-23-16)12-9-24-20-22-5-6-29(20)11-12/h5-6,9-11,13H,7-8H2,1-4H3,(H2,23,25,26,27)/t13-,21+. The highest BCUT2D eigenvalue weighted by molar-refractivity contribution is 5.97. The fraction of sp³-hybridized carbons (Fsp3) is 0.381. The number of anilines is 1. The summed E-state index contributed by atoms with van der Waals surface area (Å²) in [4.78, 5) is 35.0. The summed E-state index contributed by atoms with van der Waals surface area (Å²) in [5.74, 6) is 1.74. The Hall–Kier alpha value is -3.69. The van der Waals surface area contributed by atoms with Crippen molar-refractivity contribution < 1.29 is 9.53 Å². The van der Waals surface area contributed by atoms with Crippen LogP contribution >= 0.6 is 0 Å². The van der Waals surface area contributed by atoms with Crippen LogP contribution in [0.3, 0.4) is 0 Å². The van der Waals surface area contributed by atoms with Crippen LogP contribution in [0.25, 0.3) is 27.9 Å². The van der Waals surface area contributed by atoms with Crippen molar-refractivity contribution in [1.29, 1.82) is 0 Å². The molecule has 1 amide bonds. The molecular formula is C21H24N8O2. The largest absolute Gasteiger partial charge is 0.480 e. The first-order valence-electron chi connectivity index (χ1n) is 10.1. The van der Waals surface area contributed by atoms with Crippen LogP contribution in [0.2, 0.25) is 0 Å². The van der Waals surface area contributed by atoms with Gasteiger partial charge < -0.3 is 19.9 Å². The third-order valence-electron chi connectivity index (χ3n) is 5.90. The number of hydrogen-bond acceptors (Lipinski definition) is 7. The summed E-state index contributed by atoms with van der Waals surface area (Å²) in [6, 6.07) is 0.137. The van der Waals surface area contributed by atoms with Gasteiger partial charge in [0.1, 0.15) is 5.65 Å². The van der Waals surface area contributed by atoms with Gasteiger partial charge in [-0.05, 0) is 12.8 Å². The second kappa shape index (κ2) is 6.93. The van der Waals surface area contributed by atoms with Gasteiger partial charge in [0, 0.05) is 62.2 Å². The van der Waals surface area contributed by atoms with Gasteiger partial charge in [-0.1, -0.05) is 6.92 Å². The predicted octanol–water partition coefficient (Wildman–Crippen LogP) is 2.34. The van der Waals surface area contributed by atoms with E-state index in [0.717, 1.165) is 29.4 Å². The normalized spacial score (nSPS) is 20.6. The summed E-state index contributed by atoms with van der Waals surface area (Å²) in [5.41, 5.74) is 2.13. The molecule has 0 radical (unpaired) electrons. The number of aromatic amines is 1. The molecule has 1 fully saturated rings. The summed E-state index contributed by atoms with van der Waals surface area (Å²) in [6.45, 7) is 2.00. The van der Waals surface area contributed by atoms with Crippen molar-refractivity contribution in [2.45, 2.75) is 25.8 Å².